The number of likely N-dealkylation sites (N-methyl/N-ethyl adjacent to an activating group) is 1. The highest BCUT2D eigenvalue weighted by atomic mass is 127. The van der Waals surface area contributed by atoms with E-state index in [0.717, 1.165) is 45.1 Å². The van der Waals surface area contributed by atoms with Gasteiger partial charge in [-0.2, -0.15) is 5.10 Å². The van der Waals surface area contributed by atoms with Crippen molar-refractivity contribution in [3.63, 3.8) is 0 Å². The van der Waals surface area contributed by atoms with Crippen molar-refractivity contribution in [3.8, 4) is 0 Å². The maximum absolute atomic E-state index is 5.59. The van der Waals surface area contributed by atoms with Crippen LogP contribution in [0.15, 0.2) is 17.4 Å². The fourth-order valence-electron chi connectivity index (χ4n) is 2.43. The van der Waals surface area contributed by atoms with Gasteiger partial charge in [0.05, 0.1) is 18.8 Å². The van der Waals surface area contributed by atoms with Gasteiger partial charge in [-0.05, 0) is 33.9 Å². The summed E-state index contributed by atoms with van der Waals surface area (Å²) in [7, 11) is 6.08. The van der Waals surface area contributed by atoms with E-state index in [1.54, 1.807) is 0 Å². The summed E-state index contributed by atoms with van der Waals surface area (Å²) < 4.78 is 7.42. The van der Waals surface area contributed by atoms with Crippen LogP contribution in [0.5, 0.6) is 0 Å². The number of guanidine groups is 1. The number of aryl methyl sites for hydroxylation is 1. The van der Waals surface area contributed by atoms with E-state index < -0.39 is 0 Å². The zero-order valence-electron chi connectivity index (χ0n) is 17.0. The van der Waals surface area contributed by atoms with Gasteiger partial charge >= 0.3 is 0 Å². The molecule has 0 amide bonds. The minimum atomic E-state index is 0. The van der Waals surface area contributed by atoms with Crippen LogP contribution in [0.1, 0.15) is 44.7 Å². The standard InChI is InChI=1S/C18H36N6O.HI/c1-6-8-11-25-12-9-10-20-18(19-7-2)21-14-17(23(3)4)16-13-22-24(5)15-16;/h13,15,17H,6-12,14H2,1-5H3,(H2,19,20,21);1H. The Morgan fingerprint density at radius 2 is 2.00 bits per heavy atom. The molecular weight excluding hydrogens is 443 g/mol. The molecule has 152 valence electrons. The Balaban J connectivity index is 0.00000625. The number of nitrogens with zero attached hydrogens (tertiary/aromatic N) is 4. The van der Waals surface area contributed by atoms with E-state index in [9.17, 15) is 0 Å². The molecule has 0 aliphatic heterocycles. The molecule has 26 heavy (non-hydrogen) atoms. The molecule has 1 unspecified atom stereocenters. The Hall–Kier alpha value is -0.870. The lowest BCUT2D eigenvalue weighted by Gasteiger charge is -2.22. The van der Waals surface area contributed by atoms with Crippen LogP contribution in [0.3, 0.4) is 0 Å². The third-order valence-electron chi connectivity index (χ3n) is 3.90. The molecule has 0 spiro atoms. The van der Waals surface area contributed by atoms with Crippen molar-refractivity contribution in [2.24, 2.45) is 12.0 Å². The average Bonchev–Trinajstić information content (AvgIpc) is 2.99. The molecule has 1 rings (SSSR count). The number of aliphatic imine (C=N–C) groups is 1. The van der Waals surface area contributed by atoms with Gasteiger partial charge in [0.25, 0.3) is 0 Å². The Morgan fingerprint density at radius 3 is 2.58 bits per heavy atom. The maximum atomic E-state index is 5.59. The zero-order valence-corrected chi connectivity index (χ0v) is 19.3. The maximum Gasteiger partial charge on any atom is 0.191 e. The number of hydrogen-bond donors (Lipinski definition) is 2. The predicted molar refractivity (Wildman–Crippen MR) is 119 cm³/mol. The fourth-order valence-corrected chi connectivity index (χ4v) is 2.43. The summed E-state index contributed by atoms with van der Waals surface area (Å²) in [6.45, 7) is 8.30. The normalized spacial score (nSPS) is 12.8. The molecule has 0 bridgehead atoms. The van der Waals surface area contributed by atoms with E-state index in [0.29, 0.717) is 6.54 Å². The zero-order chi connectivity index (χ0) is 18.5. The lowest BCUT2D eigenvalue weighted by molar-refractivity contribution is 0.129. The van der Waals surface area contributed by atoms with Gasteiger partial charge in [-0.1, -0.05) is 13.3 Å². The minimum Gasteiger partial charge on any atom is -0.381 e. The number of aromatic nitrogens is 2. The monoisotopic (exact) mass is 480 g/mol. The summed E-state index contributed by atoms with van der Waals surface area (Å²) in [5.74, 6) is 0.854. The van der Waals surface area contributed by atoms with Crippen molar-refractivity contribution in [1.82, 2.24) is 25.3 Å². The van der Waals surface area contributed by atoms with Crippen molar-refractivity contribution in [3.05, 3.63) is 18.0 Å². The lowest BCUT2D eigenvalue weighted by Crippen LogP contribution is -2.38. The summed E-state index contributed by atoms with van der Waals surface area (Å²) in [4.78, 5) is 6.92. The van der Waals surface area contributed by atoms with Gasteiger partial charge in [-0.3, -0.25) is 9.67 Å². The van der Waals surface area contributed by atoms with Crippen molar-refractivity contribution in [2.75, 3.05) is 46.9 Å². The number of unbranched alkanes of at least 4 members (excludes halogenated alkanes) is 1. The van der Waals surface area contributed by atoms with Gasteiger partial charge < -0.3 is 20.3 Å². The van der Waals surface area contributed by atoms with E-state index in [2.05, 4.69) is 48.6 Å². The molecular formula is C18H37IN6O. The molecule has 0 radical (unpaired) electrons. The second kappa shape index (κ2) is 15.2. The largest absolute Gasteiger partial charge is 0.381 e. The van der Waals surface area contributed by atoms with Crippen LogP contribution < -0.4 is 10.6 Å². The first-order chi connectivity index (χ1) is 12.1. The molecule has 0 aliphatic rings. The summed E-state index contributed by atoms with van der Waals surface area (Å²) in [5, 5.41) is 11.0. The van der Waals surface area contributed by atoms with Gasteiger partial charge in [-0.25, -0.2) is 0 Å². The topological polar surface area (TPSA) is 66.7 Å². The quantitative estimate of drug-likeness (QED) is 0.208. The summed E-state index contributed by atoms with van der Waals surface area (Å²) >= 11 is 0. The molecule has 8 heteroatoms. The summed E-state index contributed by atoms with van der Waals surface area (Å²) in [6, 6.07) is 0.210. The van der Waals surface area contributed by atoms with E-state index in [-0.39, 0.29) is 30.0 Å². The molecule has 0 fully saturated rings. The first-order valence-corrected chi connectivity index (χ1v) is 9.33. The van der Waals surface area contributed by atoms with Crippen molar-refractivity contribution >= 4 is 29.9 Å². The molecule has 7 nitrogen and oxygen atoms in total. The van der Waals surface area contributed by atoms with Gasteiger partial charge in [0.2, 0.25) is 0 Å². The van der Waals surface area contributed by atoms with Crippen molar-refractivity contribution in [1.29, 1.82) is 0 Å². The Morgan fingerprint density at radius 1 is 1.27 bits per heavy atom. The van der Waals surface area contributed by atoms with Gasteiger partial charge in [0, 0.05) is 45.1 Å². The molecule has 0 saturated carbocycles. The number of nitrogens with one attached hydrogen (secondary N) is 2. The number of halogens is 1. The van der Waals surface area contributed by atoms with Crippen molar-refractivity contribution in [2.45, 2.75) is 39.2 Å². The molecule has 1 heterocycles. The molecule has 1 atom stereocenters. The van der Waals surface area contributed by atoms with Crippen LogP contribution in [0.25, 0.3) is 0 Å². The van der Waals surface area contributed by atoms with E-state index in [1.165, 1.54) is 12.0 Å². The first kappa shape index (κ1) is 25.1. The van der Waals surface area contributed by atoms with Crippen LogP contribution in [0, 0.1) is 0 Å². The third-order valence-corrected chi connectivity index (χ3v) is 3.90. The van der Waals surface area contributed by atoms with Crippen LogP contribution in [-0.4, -0.2) is 67.6 Å². The Bertz CT molecular complexity index is 492. The molecule has 1 aromatic rings. The number of hydrogen-bond acceptors (Lipinski definition) is 4. The molecule has 2 N–H and O–H groups in total. The average molecular weight is 480 g/mol. The van der Waals surface area contributed by atoms with E-state index in [4.69, 9.17) is 9.73 Å². The van der Waals surface area contributed by atoms with Crippen molar-refractivity contribution < 1.29 is 4.74 Å². The smallest absolute Gasteiger partial charge is 0.191 e. The summed E-state index contributed by atoms with van der Waals surface area (Å²) in [6.07, 6.45) is 7.26. The molecule has 0 aliphatic carbocycles. The first-order valence-electron chi connectivity index (χ1n) is 9.33. The van der Waals surface area contributed by atoms with E-state index >= 15 is 0 Å². The SMILES string of the molecule is CCCCOCCCNC(=NCC(c1cnn(C)c1)N(C)C)NCC.I. The van der Waals surface area contributed by atoms with Crippen LogP contribution in [0.2, 0.25) is 0 Å². The van der Waals surface area contributed by atoms with Crippen LogP contribution in [0.4, 0.5) is 0 Å². The number of ether oxygens (including phenoxy) is 1. The highest BCUT2D eigenvalue weighted by Gasteiger charge is 2.15. The summed E-state index contributed by atoms with van der Waals surface area (Å²) in [5.41, 5.74) is 1.18. The molecule has 1 aromatic heterocycles. The molecule has 0 saturated heterocycles. The van der Waals surface area contributed by atoms with Gasteiger partial charge in [-0.15, -0.1) is 24.0 Å². The molecule has 0 aromatic carbocycles. The predicted octanol–water partition coefficient (Wildman–Crippen LogP) is 2.40. The Labute approximate surface area is 176 Å². The minimum absolute atomic E-state index is 0. The van der Waals surface area contributed by atoms with Crippen LogP contribution >= 0.6 is 24.0 Å². The Kier molecular flexibility index (Phi) is 14.7. The van der Waals surface area contributed by atoms with Gasteiger partial charge in [0.1, 0.15) is 0 Å². The number of rotatable bonds is 12. The highest BCUT2D eigenvalue weighted by molar-refractivity contribution is 14.0. The van der Waals surface area contributed by atoms with Crippen LogP contribution in [-0.2, 0) is 11.8 Å². The third kappa shape index (κ3) is 10.3. The highest BCUT2D eigenvalue weighted by Crippen LogP contribution is 2.17. The lowest BCUT2D eigenvalue weighted by atomic mass is 10.1. The van der Waals surface area contributed by atoms with E-state index in [1.807, 2.05) is 24.1 Å². The van der Waals surface area contributed by atoms with Gasteiger partial charge in [0.15, 0.2) is 5.96 Å². The fraction of sp³-hybridized carbons (Fsp3) is 0.778. The second-order valence-corrected chi connectivity index (χ2v) is 6.39. The second-order valence-electron chi connectivity index (χ2n) is 6.39.